The quantitative estimate of drug-likeness (QED) is 0.405. The van der Waals surface area contributed by atoms with Crippen molar-refractivity contribution >= 4 is 12.6 Å². The minimum absolute atomic E-state index is 1.09. The van der Waals surface area contributed by atoms with Crippen LogP contribution in [0.2, 0.25) is 0 Å². The van der Waals surface area contributed by atoms with E-state index in [-0.39, 0.29) is 0 Å². The predicted molar refractivity (Wildman–Crippen MR) is 20.3 cm³/mol. The molecule has 1 heteroatoms. The molecule has 1 aliphatic carbocycles. The summed E-state index contributed by atoms with van der Waals surface area (Å²) < 4.78 is 0. The molecule has 0 aromatic heterocycles. The Hall–Kier alpha value is -0.0400. The van der Waals surface area contributed by atoms with Crippen molar-refractivity contribution < 1.29 is 0 Å². The smallest absolute Gasteiger partial charge is 0.0154 e. The summed E-state index contributed by atoms with van der Waals surface area (Å²) in [7, 11) is 0. The first-order valence-electron chi connectivity index (χ1n) is 1.25. The molecule has 0 atom stereocenters. The molecule has 0 saturated carbocycles. The third-order valence-electron chi connectivity index (χ3n) is 0.371. The fourth-order valence-corrected chi connectivity index (χ4v) is 0.125. The molecule has 0 amide bonds. The van der Waals surface area contributed by atoms with Gasteiger partial charge in [0.15, 0.2) is 0 Å². The van der Waals surface area contributed by atoms with E-state index in [9.17, 15) is 0 Å². The first-order chi connectivity index (χ1) is 1.89. The molecular formula is C3H3S. The van der Waals surface area contributed by atoms with E-state index in [1.54, 1.807) is 0 Å². The van der Waals surface area contributed by atoms with Crippen LogP contribution in [0.1, 0.15) is 6.42 Å². The third kappa shape index (κ3) is 0.206. The topological polar surface area (TPSA) is 0 Å². The van der Waals surface area contributed by atoms with Crippen LogP contribution >= 0.6 is 12.6 Å². The minimum atomic E-state index is 1.09. The standard InChI is InChI=1S/C3H3S/c4-3-1-2-3/h1H,2H2. The average Bonchev–Trinajstić information content (AvgIpc) is 1.75. The highest BCUT2D eigenvalue weighted by atomic mass is 32.1. The molecule has 0 saturated heterocycles. The molecule has 0 heterocycles. The Balaban J connectivity index is 2.54. The fourth-order valence-electron chi connectivity index (χ4n) is 0.0417. The minimum Gasteiger partial charge on any atom is -0.0849 e. The van der Waals surface area contributed by atoms with Crippen molar-refractivity contribution in [1.29, 1.82) is 0 Å². The summed E-state index contributed by atoms with van der Waals surface area (Å²) in [6.45, 7) is 0. The third-order valence-corrected chi connectivity index (χ3v) is 0.704. The van der Waals surface area contributed by atoms with E-state index in [2.05, 4.69) is 12.6 Å². The Morgan fingerprint density at radius 1 is 2.00 bits per heavy atom. The molecule has 4 heavy (non-hydrogen) atoms. The highest BCUT2D eigenvalue weighted by molar-refractivity contribution is 7.84. The Labute approximate surface area is 30.9 Å². The lowest BCUT2D eigenvalue weighted by Gasteiger charge is -1.43. The molecule has 21 valence electrons. The van der Waals surface area contributed by atoms with Crippen LogP contribution in [0, 0.1) is 0 Å². The van der Waals surface area contributed by atoms with Crippen molar-refractivity contribution in [2.45, 2.75) is 6.42 Å². The zero-order chi connectivity index (χ0) is 2.99. The van der Waals surface area contributed by atoms with Crippen molar-refractivity contribution in [3.8, 4) is 0 Å². The Morgan fingerprint density at radius 3 is 2.25 bits per heavy atom. The van der Waals surface area contributed by atoms with E-state index in [0.29, 0.717) is 0 Å². The van der Waals surface area contributed by atoms with Crippen LogP contribution in [0.15, 0.2) is 11.0 Å². The second kappa shape index (κ2) is 0.462. The van der Waals surface area contributed by atoms with Gasteiger partial charge in [0, 0.05) is 11.3 Å². The van der Waals surface area contributed by atoms with E-state index >= 15 is 0 Å². The van der Waals surface area contributed by atoms with E-state index < -0.39 is 0 Å². The summed E-state index contributed by atoms with van der Waals surface area (Å²) in [6.07, 6.45) is 3.12. The summed E-state index contributed by atoms with van der Waals surface area (Å²) >= 11 is 4.59. The second-order valence-corrected chi connectivity index (χ2v) is 1.40. The lowest BCUT2D eigenvalue weighted by molar-refractivity contribution is 1.68. The van der Waals surface area contributed by atoms with Crippen molar-refractivity contribution in [2.24, 2.45) is 0 Å². The van der Waals surface area contributed by atoms with Gasteiger partial charge in [-0.3, -0.25) is 0 Å². The Morgan fingerprint density at radius 2 is 2.25 bits per heavy atom. The van der Waals surface area contributed by atoms with Gasteiger partial charge >= 0.3 is 0 Å². The fraction of sp³-hybridized carbons (Fsp3) is 0.333. The van der Waals surface area contributed by atoms with Gasteiger partial charge in [0.25, 0.3) is 0 Å². The van der Waals surface area contributed by atoms with Gasteiger partial charge in [-0.05, 0) is 0 Å². The molecule has 1 rings (SSSR count). The summed E-state index contributed by atoms with van der Waals surface area (Å²) in [5.74, 6) is 0. The molecule has 1 aliphatic rings. The van der Waals surface area contributed by atoms with Gasteiger partial charge in [-0.25, -0.2) is 0 Å². The van der Waals surface area contributed by atoms with Crippen LogP contribution in [-0.2, 0) is 0 Å². The zero-order valence-corrected chi connectivity index (χ0v) is 3.01. The highest BCUT2D eigenvalue weighted by Crippen LogP contribution is 2.20. The van der Waals surface area contributed by atoms with Crippen LogP contribution in [0.3, 0.4) is 0 Å². The van der Waals surface area contributed by atoms with E-state index in [0.717, 1.165) is 11.3 Å². The molecule has 0 fully saturated rings. The second-order valence-electron chi connectivity index (χ2n) is 0.875. The summed E-state index contributed by atoms with van der Waals surface area (Å²) in [5, 5.41) is 0. The van der Waals surface area contributed by atoms with Gasteiger partial charge in [-0.15, -0.1) is 0 Å². The van der Waals surface area contributed by atoms with E-state index in [1.807, 2.05) is 6.08 Å². The maximum absolute atomic E-state index is 4.59. The number of hydrogen-bond donors (Lipinski definition) is 0. The van der Waals surface area contributed by atoms with Crippen LogP contribution in [-0.4, -0.2) is 0 Å². The molecule has 0 aromatic rings. The van der Waals surface area contributed by atoms with Gasteiger partial charge in [0.2, 0.25) is 0 Å². The van der Waals surface area contributed by atoms with E-state index in [1.165, 1.54) is 0 Å². The summed E-state index contributed by atoms with van der Waals surface area (Å²) in [4.78, 5) is 1.13. The van der Waals surface area contributed by atoms with Crippen LogP contribution < -0.4 is 0 Å². The Bertz CT molecular complexity index is 54.3. The van der Waals surface area contributed by atoms with Gasteiger partial charge in [0.1, 0.15) is 0 Å². The SMILES string of the molecule is [S]C1=CC1. The van der Waals surface area contributed by atoms with Crippen molar-refractivity contribution in [3.05, 3.63) is 11.0 Å². The molecule has 0 spiro atoms. The highest BCUT2D eigenvalue weighted by Gasteiger charge is 1.97. The molecule has 0 nitrogen and oxygen atoms in total. The summed E-state index contributed by atoms with van der Waals surface area (Å²) in [6, 6.07) is 0. The largest absolute Gasteiger partial charge is 0.0849 e. The van der Waals surface area contributed by atoms with Crippen molar-refractivity contribution in [1.82, 2.24) is 0 Å². The van der Waals surface area contributed by atoms with Crippen LogP contribution in [0.25, 0.3) is 0 Å². The lowest BCUT2D eigenvalue weighted by atomic mass is 10.9. The number of rotatable bonds is 0. The molecule has 0 aliphatic heterocycles. The van der Waals surface area contributed by atoms with E-state index in [4.69, 9.17) is 0 Å². The molecular weight excluding hydrogens is 68.1 g/mol. The lowest BCUT2D eigenvalue weighted by Crippen LogP contribution is -1.17. The summed E-state index contributed by atoms with van der Waals surface area (Å²) in [5.41, 5.74) is 0. The first-order valence-corrected chi connectivity index (χ1v) is 1.66. The van der Waals surface area contributed by atoms with Gasteiger partial charge in [-0.2, -0.15) is 0 Å². The number of allylic oxidation sites excluding steroid dienone is 2. The van der Waals surface area contributed by atoms with Crippen LogP contribution in [0.4, 0.5) is 0 Å². The number of hydrogen-bond acceptors (Lipinski definition) is 0. The van der Waals surface area contributed by atoms with Gasteiger partial charge in [-0.1, -0.05) is 18.7 Å². The molecule has 0 unspecified atom stereocenters. The van der Waals surface area contributed by atoms with Gasteiger partial charge < -0.3 is 0 Å². The molecule has 0 N–H and O–H groups in total. The maximum Gasteiger partial charge on any atom is 0.0154 e. The average molecular weight is 71.1 g/mol. The monoisotopic (exact) mass is 71.0 g/mol. The van der Waals surface area contributed by atoms with Crippen molar-refractivity contribution in [3.63, 3.8) is 0 Å². The Kier molecular flexibility index (Phi) is 0.256. The zero-order valence-electron chi connectivity index (χ0n) is 2.19. The normalized spacial score (nSPS) is 19.5. The molecule has 0 aromatic carbocycles. The molecule has 1 radical (unpaired) electrons. The van der Waals surface area contributed by atoms with Gasteiger partial charge in [0.05, 0.1) is 0 Å². The maximum atomic E-state index is 4.59. The predicted octanol–water partition coefficient (Wildman–Crippen LogP) is 1.47. The van der Waals surface area contributed by atoms with Crippen molar-refractivity contribution in [2.75, 3.05) is 0 Å². The van der Waals surface area contributed by atoms with Crippen LogP contribution in [0.5, 0.6) is 0 Å². The molecule has 0 bridgehead atoms. The first kappa shape index (κ1) is 2.21.